The van der Waals surface area contributed by atoms with Crippen LogP contribution < -0.4 is 4.90 Å². The summed E-state index contributed by atoms with van der Waals surface area (Å²) in [7, 11) is -3.93. The van der Waals surface area contributed by atoms with Gasteiger partial charge in [-0.05, 0) is 70.3 Å². The van der Waals surface area contributed by atoms with Gasteiger partial charge in [0.1, 0.15) is 10.3 Å². The number of halogens is 1. The van der Waals surface area contributed by atoms with Crippen LogP contribution in [0.2, 0.25) is 0 Å². The minimum Gasteiger partial charge on any atom is -0.274 e. The van der Waals surface area contributed by atoms with Crippen molar-refractivity contribution in [3.63, 3.8) is 0 Å². The van der Waals surface area contributed by atoms with E-state index in [2.05, 4.69) is 22.6 Å². The molecular formula is C22H19IN2O4S2. The number of imide groups is 1. The van der Waals surface area contributed by atoms with E-state index in [4.69, 9.17) is 0 Å². The van der Waals surface area contributed by atoms with Gasteiger partial charge in [-0.2, -0.15) is 4.31 Å². The van der Waals surface area contributed by atoms with E-state index in [0.717, 1.165) is 25.4 Å². The molecule has 1 atom stereocenters. The number of benzene rings is 2. The van der Waals surface area contributed by atoms with E-state index < -0.39 is 27.9 Å². The molecule has 0 radical (unpaired) electrons. The van der Waals surface area contributed by atoms with Crippen LogP contribution in [-0.2, 0) is 26.0 Å². The van der Waals surface area contributed by atoms with Crippen molar-refractivity contribution in [2.24, 2.45) is 0 Å². The van der Waals surface area contributed by atoms with Crippen LogP contribution in [0.1, 0.15) is 12.0 Å². The van der Waals surface area contributed by atoms with Crippen molar-refractivity contribution in [2.75, 3.05) is 11.4 Å². The first-order chi connectivity index (χ1) is 14.9. The first-order valence-electron chi connectivity index (χ1n) is 9.59. The Labute approximate surface area is 198 Å². The van der Waals surface area contributed by atoms with E-state index >= 15 is 0 Å². The molecule has 1 aliphatic heterocycles. The average molecular weight is 566 g/mol. The van der Waals surface area contributed by atoms with Gasteiger partial charge in [-0.15, -0.1) is 11.3 Å². The topological polar surface area (TPSA) is 74.8 Å². The van der Waals surface area contributed by atoms with Gasteiger partial charge in [0.05, 0.1) is 12.1 Å². The maximum Gasteiger partial charge on any atom is 0.253 e. The monoisotopic (exact) mass is 566 g/mol. The molecule has 0 bridgehead atoms. The van der Waals surface area contributed by atoms with Gasteiger partial charge in [0.15, 0.2) is 0 Å². The van der Waals surface area contributed by atoms with Crippen LogP contribution in [0.4, 0.5) is 5.69 Å². The van der Waals surface area contributed by atoms with Crippen LogP contribution in [0.3, 0.4) is 0 Å². The summed E-state index contributed by atoms with van der Waals surface area (Å²) >= 11 is 3.24. The molecule has 31 heavy (non-hydrogen) atoms. The molecule has 1 aliphatic rings. The van der Waals surface area contributed by atoms with Gasteiger partial charge in [0.2, 0.25) is 5.91 Å². The molecule has 1 saturated heterocycles. The van der Waals surface area contributed by atoms with E-state index in [0.29, 0.717) is 12.1 Å². The summed E-state index contributed by atoms with van der Waals surface area (Å²) in [6.07, 6.45) is 0.261. The number of rotatable bonds is 7. The molecule has 1 unspecified atom stereocenters. The zero-order valence-electron chi connectivity index (χ0n) is 16.3. The molecule has 2 heterocycles. The Morgan fingerprint density at radius 2 is 1.71 bits per heavy atom. The highest BCUT2D eigenvalue weighted by atomic mass is 127. The quantitative estimate of drug-likeness (QED) is 0.321. The summed E-state index contributed by atoms with van der Waals surface area (Å²) < 4.78 is 29.1. The number of carbonyl (C=O) groups is 2. The lowest BCUT2D eigenvalue weighted by Crippen LogP contribution is -2.46. The molecule has 0 spiro atoms. The molecule has 4 rings (SSSR count). The molecule has 1 fully saturated rings. The van der Waals surface area contributed by atoms with Gasteiger partial charge in [-0.1, -0.05) is 36.4 Å². The van der Waals surface area contributed by atoms with Crippen LogP contribution in [0.5, 0.6) is 0 Å². The van der Waals surface area contributed by atoms with Crippen LogP contribution in [0.25, 0.3) is 0 Å². The number of thiophene rings is 1. The second-order valence-corrected chi connectivity index (χ2v) is 11.4. The predicted molar refractivity (Wildman–Crippen MR) is 128 cm³/mol. The predicted octanol–water partition coefficient (Wildman–Crippen LogP) is 3.92. The van der Waals surface area contributed by atoms with Crippen molar-refractivity contribution in [1.29, 1.82) is 0 Å². The van der Waals surface area contributed by atoms with Crippen molar-refractivity contribution in [2.45, 2.75) is 23.1 Å². The molecule has 2 aromatic carbocycles. The molecule has 3 aromatic rings. The lowest BCUT2D eigenvalue weighted by molar-refractivity contribution is -0.122. The van der Waals surface area contributed by atoms with Crippen LogP contribution in [-0.4, -0.2) is 37.1 Å². The highest BCUT2D eigenvalue weighted by Crippen LogP contribution is 2.31. The Bertz CT molecular complexity index is 1180. The van der Waals surface area contributed by atoms with Gasteiger partial charge in [0, 0.05) is 10.1 Å². The number of hydrogen-bond donors (Lipinski definition) is 0. The zero-order valence-corrected chi connectivity index (χ0v) is 20.1. The SMILES string of the molecule is O=C1CC(N(CCc2ccccc2)S(=O)(=O)c2cccs2)C(=O)N1c1ccc(I)cc1. The molecule has 9 heteroatoms. The second-order valence-electron chi connectivity index (χ2n) is 7.05. The maximum absolute atomic E-state index is 13.4. The lowest BCUT2D eigenvalue weighted by atomic mass is 10.1. The molecule has 0 aliphatic carbocycles. The molecule has 0 saturated carbocycles. The largest absolute Gasteiger partial charge is 0.274 e. The number of amides is 2. The molecule has 0 N–H and O–H groups in total. The fourth-order valence-electron chi connectivity index (χ4n) is 3.56. The zero-order chi connectivity index (χ0) is 22.0. The minimum absolute atomic E-state index is 0.106. The average Bonchev–Trinajstić information content (AvgIpc) is 3.39. The summed E-state index contributed by atoms with van der Waals surface area (Å²) in [6.45, 7) is 0.106. The first-order valence-corrected chi connectivity index (χ1v) is 13.0. The maximum atomic E-state index is 13.4. The number of hydrogen-bond acceptors (Lipinski definition) is 5. The van der Waals surface area contributed by atoms with Crippen molar-refractivity contribution in [3.05, 3.63) is 81.2 Å². The third-order valence-corrected chi connectivity index (χ3v) is 9.08. The highest BCUT2D eigenvalue weighted by molar-refractivity contribution is 14.1. The van der Waals surface area contributed by atoms with Crippen molar-refractivity contribution in [1.82, 2.24) is 4.31 Å². The van der Waals surface area contributed by atoms with Gasteiger partial charge in [-0.3, -0.25) is 9.59 Å². The second kappa shape index (κ2) is 9.19. The summed E-state index contributed by atoms with van der Waals surface area (Å²) in [6, 6.07) is 18.6. The third kappa shape index (κ3) is 4.59. The summed E-state index contributed by atoms with van der Waals surface area (Å²) in [5.41, 5.74) is 1.41. The van der Waals surface area contributed by atoms with Crippen molar-refractivity contribution in [3.8, 4) is 0 Å². The normalized spacial score (nSPS) is 17.0. The molecule has 1 aromatic heterocycles. The Balaban J connectivity index is 1.67. The number of sulfonamides is 1. The molecular weight excluding hydrogens is 547 g/mol. The number of nitrogens with zero attached hydrogens (tertiary/aromatic N) is 2. The van der Waals surface area contributed by atoms with Crippen molar-refractivity contribution < 1.29 is 18.0 Å². The summed E-state index contributed by atoms with van der Waals surface area (Å²) in [5.74, 6) is -0.915. The highest BCUT2D eigenvalue weighted by Gasteiger charge is 2.47. The van der Waals surface area contributed by atoms with Gasteiger partial charge in [-0.25, -0.2) is 13.3 Å². The van der Waals surface area contributed by atoms with E-state index in [1.165, 1.54) is 10.4 Å². The van der Waals surface area contributed by atoms with E-state index in [1.54, 1.807) is 35.7 Å². The Morgan fingerprint density at radius 1 is 1.00 bits per heavy atom. The van der Waals surface area contributed by atoms with Crippen molar-refractivity contribution >= 4 is 61.5 Å². The fourth-order valence-corrected chi connectivity index (χ4v) is 6.62. The number of anilines is 1. The summed E-state index contributed by atoms with van der Waals surface area (Å²) in [5, 5.41) is 1.68. The fraction of sp³-hybridized carbons (Fsp3) is 0.182. The minimum atomic E-state index is -3.93. The van der Waals surface area contributed by atoms with E-state index in [9.17, 15) is 18.0 Å². The Morgan fingerprint density at radius 3 is 2.35 bits per heavy atom. The first kappa shape index (κ1) is 22.1. The number of carbonyl (C=O) groups excluding carboxylic acids is 2. The van der Waals surface area contributed by atoms with Crippen LogP contribution >= 0.6 is 33.9 Å². The molecule has 2 amide bonds. The van der Waals surface area contributed by atoms with E-state index in [-0.39, 0.29) is 17.2 Å². The Hall–Kier alpha value is -2.08. The van der Waals surface area contributed by atoms with E-state index in [1.807, 2.05) is 30.3 Å². The smallest absolute Gasteiger partial charge is 0.253 e. The van der Waals surface area contributed by atoms with Gasteiger partial charge >= 0.3 is 0 Å². The van der Waals surface area contributed by atoms with Gasteiger partial charge in [0.25, 0.3) is 15.9 Å². The Kier molecular flexibility index (Phi) is 6.56. The molecule has 6 nitrogen and oxygen atoms in total. The third-order valence-electron chi connectivity index (χ3n) is 5.08. The molecule has 160 valence electrons. The van der Waals surface area contributed by atoms with Gasteiger partial charge < -0.3 is 0 Å². The standard InChI is InChI=1S/C22H19IN2O4S2/c23-17-8-10-18(11-9-17)25-20(26)15-19(22(25)27)24(13-12-16-5-2-1-3-6-16)31(28,29)21-7-4-14-30-21/h1-11,14,19H,12-13,15H2. The summed E-state index contributed by atoms with van der Waals surface area (Å²) in [4.78, 5) is 27.1. The van der Waals surface area contributed by atoms with Crippen LogP contribution in [0.15, 0.2) is 76.3 Å². The lowest BCUT2D eigenvalue weighted by Gasteiger charge is -2.26. The van der Waals surface area contributed by atoms with Crippen LogP contribution in [0, 0.1) is 3.57 Å².